The number of H-pyrrole nitrogens is 1. The highest BCUT2D eigenvalue weighted by molar-refractivity contribution is 6.34. The maximum atomic E-state index is 5.90. The van der Waals surface area contributed by atoms with Gasteiger partial charge in [-0.05, 0) is 23.8 Å². The quantitative estimate of drug-likeness (QED) is 0.885. The SMILES string of the molecule is NCc1n[nH]c(Cc2cc(Cl)cc(Cl)c2)n1. The molecular weight excluding hydrogens is 247 g/mol. The van der Waals surface area contributed by atoms with E-state index >= 15 is 0 Å². The molecule has 0 radical (unpaired) electrons. The normalized spacial score (nSPS) is 10.7. The van der Waals surface area contributed by atoms with E-state index in [1.54, 1.807) is 6.07 Å². The summed E-state index contributed by atoms with van der Waals surface area (Å²) in [5.74, 6) is 1.35. The first-order valence-electron chi connectivity index (χ1n) is 4.72. The predicted octanol–water partition coefficient (Wildman–Crippen LogP) is 2.16. The minimum atomic E-state index is 0.326. The van der Waals surface area contributed by atoms with Gasteiger partial charge in [-0.2, -0.15) is 5.10 Å². The van der Waals surface area contributed by atoms with Crippen molar-refractivity contribution in [2.24, 2.45) is 5.73 Å². The number of rotatable bonds is 3. The van der Waals surface area contributed by atoms with Crippen LogP contribution in [0, 0.1) is 0 Å². The van der Waals surface area contributed by atoms with Crippen LogP contribution in [0.1, 0.15) is 17.2 Å². The summed E-state index contributed by atoms with van der Waals surface area (Å²) < 4.78 is 0. The molecule has 0 aliphatic rings. The molecule has 0 bridgehead atoms. The smallest absolute Gasteiger partial charge is 0.164 e. The Morgan fingerprint density at radius 2 is 1.88 bits per heavy atom. The highest BCUT2D eigenvalue weighted by Crippen LogP contribution is 2.20. The molecule has 0 saturated heterocycles. The van der Waals surface area contributed by atoms with E-state index < -0.39 is 0 Å². The molecule has 1 heterocycles. The fraction of sp³-hybridized carbons (Fsp3) is 0.200. The van der Waals surface area contributed by atoms with Crippen molar-refractivity contribution in [3.05, 3.63) is 45.5 Å². The van der Waals surface area contributed by atoms with Gasteiger partial charge in [0.2, 0.25) is 0 Å². The molecule has 0 aliphatic carbocycles. The third kappa shape index (κ3) is 2.72. The van der Waals surface area contributed by atoms with Crippen LogP contribution in [0.25, 0.3) is 0 Å². The zero-order chi connectivity index (χ0) is 11.5. The van der Waals surface area contributed by atoms with E-state index in [1.807, 2.05) is 12.1 Å². The number of hydrogen-bond acceptors (Lipinski definition) is 3. The van der Waals surface area contributed by atoms with Crippen molar-refractivity contribution in [3.8, 4) is 0 Å². The van der Waals surface area contributed by atoms with Crippen LogP contribution in [-0.4, -0.2) is 15.2 Å². The van der Waals surface area contributed by atoms with Crippen molar-refractivity contribution in [3.63, 3.8) is 0 Å². The number of aromatic amines is 1. The van der Waals surface area contributed by atoms with Crippen LogP contribution in [0.3, 0.4) is 0 Å². The van der Waals surface area contributed by atoms with Gasteiger partial charge in [0, 0.05) is 16.5 Å². The number of nitrogens with two attached hydrogens (primary N) is 1. The molecule has 0 spiro atoms. The molecule has 1 aromatic heterocycles. The Balaban J connectivity index is 2.19. The lowest BCUT2D eigenvalue weighted by molar-refractivity contribution is 0.916. The molecular formula is C10H10Cl2N4. The third-order valence-electron chi connectivity index (χ3n) is 2.05. The van der Waals surface area contributed by atoms with Crippen molar-refractivity contribution >= 4 is 23.2 Å². The zero-order valence-corrected chi connectivity index (χ0v) is 9.89. The van der Waals surface area contributed by atoms with Gasteiger partial charge in [-0.3, -0.25) is 5.10 Å². The van der Waals surface area contributed by atoms with Crippen molar-refractivity contribution in [1.29, 1.82) is 0 Å². The van der Waals surface area contributed by atoms with Crippen LogP contribution < -0.4 is 5.73 Å². The van der Waals surface area contributed by atoms with Gasteiger partial charge in [0.15, 0.2) is 5.82 Å². The molecule has 84 valence electrons. The van der Waals surface area contributed by atoms with Gasteiger partial charge in [-0.25, -0.2) is 4.98 Å². The van der Waals surface area contributed by atoms with Gasteiger partial charge in [-0.15, -0.1) is 0 Å². The predicted molar refractivity (Wildman–Crippen MR) is 63.5 cm³/mol. The van der Waals surface area contributed by atoms with E-state index in [4.69, 9.17) is 28.9 Å². The maximum absolute atomic E-state index is 5.90. The third-order valence-corrected chi connectivity index (χ3v) is 2.49. The number of benzene rings is 1. The second-order valence-corrected chi connectivity index (χ2v) is 4.23. The van der Waals surface area contributed by atoms with Crippen LogP contribution >= 0.6 is 23.2 Å². The summed E-state index contributed by atoms with van der Waals surface area (Å²) in [5.41, 5.74) is 6.40. The Labute approximate surface area is 103 Å². The van der Waals surface area contributed by atoms with E-state index in [2.05, 4.69) is 15.2 Å². The average molecular weight is 257 g/mol. The van der Waals surface area contributed by atoms with E-state index in [-0.39, 0.29) is 0 Å². The van der Waals surface area contributed by atoms with Crippen LogP contribution in [0.5, 0.6) is 0 Å². The lowest BCUT2D eigenvalue weighted by Crippen LogP contribution is -1.98. The molecule has 1 aromatic carbocycles. The Bertz CT molecular complexity index is 475. The lowest BCUT2D eigenvalue weighted by Gasteiger charge is -2.00. The largest absolute Gasteiger partial charge is 0.324 e. The Morgan fingerprint density at radius 3 is 2.44 bits per heavy atom. The highest BCUT2D eigenvalue weighted by Gasteiger charge is 2.04. The molecule has 2 aromatic rings. The Morgan fingerprint density at radius 1 is 1.19 bits per heavy atom. The minimum absolute atomic E-state index is 0.326. The van der Waals surface area contributed by atoms with Gasteiger partial charge < -0.3 is 5.73 Å². The Hall–Kier alpha value is -1.10. The number of nitrogens with one attached hydrogen (secondary N) is 1. The molecule has 2 rings (SSSR count). The molecule has 0 unspecified atom stereocenters. The molecule has 0 saturated carbocycles. The van der Waals surface area contributed by atoms with Gasteiger partial charge >= 0.3 is 0 Å². The van der Waals surface area contributed by atoms with Gasteiger partial charge in [0.25, 0.3) is 0 Å². The number of halogens is 2. The first-order valence-corrected chi connectivity index (χ1v) is 5.48. The van der Waals surface area contributed by atoms with E-state index in [9.17, 15) is 0 Å². The summed E-state index contributed by atoms with van der Waals surface area (Å²) in [5, 5.41) is 7.99. The summed E-state index contributed by atoms with van der Waals surface area (Å²) in [6, 6.07) is 5.38. The van der Waals surface area contributed by atoms with Gasteiger partial charge in [0.1, 0.15) is 5.82 Å². The molecule has 0 aliphatic heterocycles. The van der Waals surface area contributed by atoms with E-state index in [0.29, 0.717) is 28.8 Å². The topological polar surface area (TPSA) is 67.6 Å². The average Bonchev–Trinajstić information content (AvgIpc) is 2.64. The van der Waals surface area contributed by atoms with Crippen LogP contribution in [0.15, 0.2) is 18.2 Å². The molecule has 0 fully saturated rings. The van der Waals surface area contributed by atoms with Crippen molar-refractivity contribution in [1.82, 2.24) is 15.2 Å². The van der Waals surface area contributed by atoms with Gasteiger partial charge in [0.05, 0.1) is 6.54 Å². The first kappa shape index (κ1) is 11.4. The summed E-state index contributed by atoms with van der Waals surface area (Å²) in [6.45, 7) is 0.326. The van der Waals surface area contributed by atoms with Crippen molar-refractivity contribution < 1.29 is 0 Å². The molecule has 4 nitrogen and oxygen atoms in total. The van der Waals surface area contributed by atoms with Crippen molar-refractivity contribution in [2.75, 3.05) is 0 Å². The summed E-state index contributed by atoms with van der Waals surface area (Å²) in [7, 11) is 0. The van der Waals surface area contributed by atoms with Crippen LogP contribution in [0.4, 0.5) is 0 Å². The second kappa shape index (κ2) is 4.82. The number of nitrogens with zero attached hydrogens (tertiary/aromatic N) is 2. The molecule has 0 amide bonds. The maximum Gasteiger partial charge on any atom is 0.164 e. The number of hydrogen-bond donors (Lipinski definition) is 2. The fourth-order valence-corrected chi connectivity index (χ4v) is 1.98. The standard InChI is InChI=1S/C10H10Cl2N4/c11-7-1-6(2-8(12)4-7)3-9-14-10(5-13)16-15-9/h1-2,4H,3,5,13H2,(H,14,15,16). The van der Waals surface area contributed by atoms with E-state index in [1.165, 1.54) is 0 Å². The second-order valence-electron chi connectivity index (χ2n) is 3.36. The molecule has 3 N–H and O–H groups in total. The first-order chi connectivity index (χ1) is 7.67. The van der Waals surface area contributed by atoms with Crippen LogP contribution in [0.2, 0.25) is 10.0 Å². The lowest BCUT2D eigenvalue weighted by atomic mass is 10.1. The van der Waals surface area contributed by atoms with Gasteiger partial charge in [-0.1, -0.05) is 23.2 Å². The number of aromatic nitrogens is 3. The summed E-state index contributed by atoms with van der Waals surface area (Å²) in [4.78, 5) is 4.21. The summed E-state index contributed by atoms with van der Waals surface area (Å²) >= 11 is 11.8. The zero-order valence-electron chi connectivity index (χ0n) is 8.37. The Kier molecular flexibility index (Phi) is 3.43. The van der Waals surface area contributed by atoms with Crippen LogP contribution in [-0.2, 0) is 13.0 Å². The monoisotopic (exact) mass is 256 g/mol. The summed E-state index contributed by atoms with van der Waals surface area (Å²) in [6.07, 6.45) is 0.604. The molecule has 0 atom stereocenters. The fourth-order valence-electron chi connectivity index (χ4n) is 1.41. The van der Waals surface area contributed by atoms with E-state index in [0.717, 1.165) is 11.4 Å². The minimum Gasteiger partial charge on any atom is -0.324 e. The highest BCUT2D eigenvalue weighted by atomic mass is 35.5. The molecule has 6 heteroatoms. The molecule has 16 heavy (non-hydrogen) atoms. The van der Waals surface area contributed by atoms with Crippen molar-refractivity contribution in [2.45, 2.75) is 13.0 Å².